The highest BCUT2D eigenvalue weighted by molar-refractivity contribution is 5.87. The lowest BCUT2D eigenvalue weighted by Crippen LogP contribution is -2.29. The van der Waals surface area contributed by atoms with Crippen LogP contribution in [0.1, 0.15) is 13.3 Å². The first-order valence-electron chi connectivity index (χ1n) is 4.90. The molecule has 0 aliphatic heterocycles. The van der Waals surface area contributed by atoms with Crippen LogP contribution in [0.3, 0.4) is 0 Å². The Morgan fingerprint density at radius 3 is 2.27 bits per heavy atom. The van der Waals surface area contributed by atoms with Gasteiger partial charge in [0.15, 0.2) is 0 Å². The van der Waals surface area contributed by atoms with Crippen molar-refractivity contribution in [2.24, 2.45) is 5.92 Å². The highest BCUT2D eigenvalue weighted by Gasteiger charge is 2.03. The van der Waals surface area contributed by atoms with Crippen LogP contribution in [0.2, 0.25) is 0 Å². The van der Waals surface area contributed by atoms with E-state index in [0.717, 1.165) is 6.42 Å². The largest absolute Gasteiger partial charge is 0.353 e. The molecule has 0 heterocycles. The fourth-order valence-electron chi connectivity index (χ4n) is 0.963. The van der Waals surface area contributed by atoms with Crippen molar-refractivity contribution in [2.45, 2.75) is 13.3 Å². The topological polar surface area (TPSA) is 58.2 Å². The number of carbonyl (C=O) groups is 2. The van der Waals surface area contributed by atoms with Crippen LogP contribution in [0.4, 0.5) is 0 Å². The molecule has 0 saturated heterocycles. The Kier molecular flexibility index (Phi) is 6.97. The molecule has 1 atom stereocenters. The van der Waals surface area contributed by atoms with Crippen LogP contribution in [0.25, 0.3) is 0 Å². The van der Waals surface area contributed by atoms with E-state index in [2.05, 4.69) is 23.8 Å². The van der Waals surface area contributed by atoms with Gasteiger partial charge in [-0.15, -0.1) is 0 Å². The third kappa shape index (κ3) is 7.49. The molecule has 0 saturated carbocycles. The molecule has 84 valence electrons. The molecule has 1 unspecified atom stereocenters. The molecule has 0 bridgehead atoms. The number of nitrogens with one attached hydrogen (secondary N) is 2. The van der Waals surface area contributed by atoms with Crippen LogP contribution in [0.15, 0.2) is 25.3 Å². The van der Waals surface area contributed by atoms with E-state index in [0.29, 0.717) is 19.0 Å². The van der Waals surface area contributed by atoms with Crippen molar-refractivity contribution >= 4 is 11.8 Å². The SMILES string of the molecule is C=CC(=O)NCCC(C)CNC(=O)C=C. The minimum absolute atomic E-state index is 0.169. The maximum absolute atomic E-state index is 10.8. The second-order valence-electron chi connectivity index (χ2n) is 3.34. The van der Waals surface area contributed by atoms with E-state index in [1.54, 1.807) is 0 Å². The van der Waals surface area contributed by atoms with Crippen molar-refractivity contribution in [3.63, 3.8) is 0 Å². The number of amides is 2. The molecule has 0 aliphatic carbocycles. The Bertz CT molecular complexity index is 249. The van der Waals surface area contributed by atoms with E-state index in [1.807, 2.05) is 6.92 Å². The summed E-state index contributed by atoms with van der Waals surface area (Å²) in [6, 6.07) is 0. The molecule has 0 aromatic heterocycles. The normalized spacial score (nSPS) is 11.3. The lowest BCUT2D eigenvalue weighted by Gasteiger charge is -2.11. The minimum Gasteiger partial charge on any atom is -0.353 e. The van der Waals surface area contributed by atoms with Gasteiger partial charge < -0.3 is 10.6 Å². The van der Waals surface area contributed by atoms with Crippen molar-refractivity contribution in [1.82, 2.24) is 10.6 Å². The Balaban J connectivity index is 3.52. The number of hydrogen-bond donors (Lipinski definition) is 2. The van der Waals surface area contributed by atoms with Gasteiger partial charge in [-0.25, -0.2) is 0 Å². The molecule has 15 heavy (non-hydrogen) atoms. The van der Waals surface area contributed by atoms with Gasteiger partial charge in [-0.1, -0.05) is 20.1 Å². The molecule has 2 N–H and O–H groups in total. The fraction of sp³-hybridized carbons (Fsp3) is 0.455. The summed E-state index contributed by atoms with van der Waals surface area (Å²) in [6.45, 7) is 9.89. The first kappa shape index (κ1) is 13.4. The lowest BCUT2D eigenvalue weighted by molar-refractivity contribution is -0.117. The molecule has 4 nitrogen and oxygen atoms in total. The van der Waals surface area contributed by atoms with Crippen LogP contribution >= 0.6 is 0 Å². The van der Waals surface area contributed by atoms with E-state index < -0.39 is 0 Å². The predicted molar refractivity (Wildman–Crippen MR) is 60.2 cm³/mol. The lowest BCUT2D eigenvalue weighted by atomic mass is 10.1. The average molecular weight is 210 g/mol. The maximum Gasteiger partial charge on any atom is 0.243 e. The van der Waals surface area contributed by atoms with Crippen molar-refractivity contribution in [3.05, 3.63) is 25.3 Å². The Hall–Kier alpha value is -1.58. The molecule has 0 spiro atoms. The molecule has 0 aromatic carbocycles. The van der Waals surface area contributed by atoms with Crippen molar-refractivity contribution in [3.8, 4) is 0 Å². The smallest absolute Gasteiger partial charge is 0.243 e. The number of rotatable bonds is 7. The molecule has 2 amide bonds. The highest BCUT2D eigenvalue weighted by atomic mass is 16.2. The van der Waals surface area contributed by atoms with Gasteiger partial charge in [-0.2, -0.15) is 0 Å². The van der Waals surface area contributed by atoms with Gasteiger partial charge in [-0.3, -0.25) is 9.59 Å². The monoisotopic (exact) mass is 210 g/mol. The van der Waals surface area contributed by atoms with Gasteiger partial charge in [0, 0.05) is 13.1 Å². The molecule has 0 fully saturated rings. The van der Waals surface area contributed by atoms with Crippen LogP contribution in [-0.4, -0.2) is 24.9 Å². The van der Waals surface area contributed by atoms with Crippen LogP contribution in [-0.2, 0) is 9.59 Å². The molecule has 4 heteroatoms. The second kappa shape index (κ2) is 7.79. The van der Waals surface area contributed by atoms with Gasteiger partial charge in [0.2, 0.25) is 11.8 Å². The summed E-state index contributed by atoms with van der Waals surface area (Å²) in [5.41, 5.74) is 0. The summed E-state index contributed by atoms with van der Waals surface area (Å²) in [5.74, 6) is -0.0201. The van der Waals surface area contributed by atoms with Crippen molar-refractivity contribution < 1.29 is 9.59 Å². The maximum atomic E-state index is 10.8. The van der Waals surface area contributed by atoms with Crippen LogP contribution < -0.4 is 10.6 Å². The second-order valence-corrected chi connectivity index (χ2v) is 3.34. The standard InChI is InChI=1S/C11H18N2O2/c1-4-10(14)12-7-6-9(3)8-13-11(15)5-2/h4-5,9H,1-2,6-8H2,3H3,(H,12,14)(H,13,15). The summed E-state index contributed by atoms with van der Waals surface area (Å²) < 4.78 is 0. The van der Waals surface area contributed by atoms with Gasteiger partial charge in [0.05, 0.1) is 0 Å². The van der Waals surface area contributed by atoms with Gasteiger partial charge >= 0.3 is 0 Å². The van der Waals surface area contributed by atoms with Crippen molar-refractivity contribution in [2.75, 3.05) is 13.1 Å². The summed E-state index contributed by atoms with van der Waals surface area (Å²) >= 11 is 0. The van der Waals surface area contributed by atoms with Gasteiger partial charge in [0.1, 0.15) is 0 Å². The van der Waals surface area contributed by atoms with E-state index in [9.17, 15) is 9.59 Å². The highest BCUT2D eigenvalue weighted by Crippen LogP contribution is 1.97. The zero-order valence-corrected chi connectivity index (χ0v) is 9.08. The fourth-order valence-corrected chi connectivity index (χ4v) is 0.963. The van der Waals surface area contributed by atoms with Crippen LogP contribution in [0, 0.1) is 5.92 Å². The first-order chi connectivity index (χ1) is 7.10. The Morgan fingerprint density at radius 1 is 1.20 bits per heavy atom. The van der Waals surface area contributed by atoms with E-state index in [4.69, 9.17) is 0 Å². The average Bonchev–Trinajstić information content (AvgIpc) is 2.25. The van der Waals surface area contributed by atoms with E-state index in [-0.39, 0.29) is 11.8 Å². The summed E-state index contributed by atoms with van der Waals surface area (Å²) in [4.78, 5) is 21.6. The van der Waals surface area contributed by atoms with Crippen molar-refractivity contribution in [1.29, 1.82) is 0 Å². The molecule has 0 rings (SSSR count). The van der Waals surface area contributed by atoms with E-state index in [1.165, 1.54) is 12.2 Å². The Labute approximate surface area is 90.4 Å². The van der Waals surface area contributed by atoms with Gasteiger partial charge in [0.25, 0.3) is 0 Å². The number of carbonyl (C=O) groups excluding carboxylic acids is 2. The third-order valence-electron chi connectivity index (χ3n) is 1.93. The molecule has 0 aromatic rings. The number of hydrogen-bond acceptors (Lipinski definition) is 2. The zero-order valence-electron chi connectivity index (χ0n) is 9.08. The summed E-state index contributed by atoms with van der Waals surface area (Å²) in [5, 5.41) is 5.37. The quantitative estimate of drug-likeness (QED) is 0.605. The predicted octanol–water partition coefficient (Wildman–Crippen LogP) is 0.617. The molecular formula is C11H18N2O2. The molecular weight excluding hydrogens is 192 g/mol. The van der Waals surface area contributed by atoms with Crippen LogP contribution in [0.5, 0.6) is 0 Å². The third-order valence-corrected chi connectivity index (χ3v) is 1.93. The summed E-state index contributed by atoms with van der Waals surface area (Å²) in [7, 11) is 0. The van der Waals surface area contributed by atoms with E-state index >= 15 is 0 Å². The Morgan fingerprint density at radius 2 is 1.73 bits per heavy atom. The summed E-state index contributed by atoms with van der Waals surface area (Å²) in [6.07, 6.45) is 3.30. The molecule has 0 radical (unpaired) electrons. The van der Waals surface area contributed by atoms with Gasteiger partial charge in [-0.05, 0) is 24.5 Å². The first-order valence-corrected chi connectivity index (χ1v) is 4.90. The zero-order chi connectivity index (χ0) is 11.7. The minimum atomic E-state index is -0.169. The molecule has 0 aliphatic rings.